The topological polar surface area (TPSA) is 43.9 Å². The zero-order valence-electron chi connectivity index (χ0n) is 20.6. The first-order valence-corrected chi connectivity index (χ1v) is 12.9. The van der Waals surface area contributed by atoms with Gasteiger partial charge in [0.1, 0.15) is 0 Å². The normalized spacial score (nSPS) is 21.7. The summed E-state index contributed by atoms with van der Waals surface area (Å²) in [4.78, 5) is 33.9. The van der Waals surface area contributed by atoms with Gasteiger partial charge in [0.05, 0.1) is 12.6 Å². The van der Waals surface area contributed by atoms with Crippen molar-refractivity contribution >= 4 is 23.2 Å². The Morgan fingerprint density at radius 3 is 2.48 bits per heavy atom. The summed E-state index contributed by atoms with van der Waals surface area (Å²) in [6.45, 7) is 13.7. The third-order valence-electron chi connectivity index (χ3n) is 6.87. The number of hydrogen-bond donors (Lipinski definition) is 0. The highest BCUT2D eigenvalue weighted by Gasteiger charge is 2.35. The monoisotopic (exact) mass is 467 g/mol. The number of thiophene rings is 1. The highest BCUT2D eigenvalue weighted by molar-refractivity contribution is 7.10. The SMILES string of the molecule is Cc1ccccc1C1c2ccsc2CCN1CC(=O)N1CCN(C(=O)CC(C)(C)C)C(C)C1. The molecule has 0 N–H and O–H groups in total. The van der Waals surface area contributed by atoms with Gasteiger partial charge in [-0.2, -0.15) is 0 Å². The minimum Gasteiger partial charge on any atom is -0.338 e. The summed E-state index contributed by atoms with van der Waals surface area (Å²) in [5.41, 5.74) is 3.87. The molecule has 1 saturated heterocycles. The van der Waals surface area contributed by atoms with Crippen molar-refractivity contribution in [1.29, 1.82) is 0 Å². The highest BCUT2D eigenvalue weighted by atomic mass is 32.1. The van der Waals surface area contributed by atoms with Gasteiger partial charge in [-0.3, -0.25) is 14.5 Å². The molecule has 0 bridgehead atoms. The maximum Gasteiger partial charge on any atom is 0.236 e. The zero-order valence-corrected chi connectivity index (χ0v) is 21.5. The van der Waals surface area contributed by atoms with Crippen LogP contribution in [0.3, 0.4) is 0 Å². The molecule has 2 atom stereocenters. The quantitative estimate of drug-likeness (QED) is 0.665. The van der Waals surface area contributed by atoms with Crippen molar-refractivity contribution in [2.75, 3.05) is 32.7 Å². The third-order valence-corrected chi connectivity index (χ3v) is 7.87. The van der Waals surface area contributed by atoms with Crippen LogP contribution in [0.5, 0.6) is 0 Å². The number of hydrogen-bond acceptors (Lipinski definition) is 4. The molecule has 1 aromatic heterocycles. The van der Waals surface area contributed by atoms with Crippen LogP contribution in [0.15, 0.2) is 35.7 Å². The lowest BCUT2D eigenvalue weighted by molar-refractivity contribution is -0.144. The summed E-state index contributed by atoms with van der Waals surface area (Å²) in [6.07, 6.45) is 1.54. The fourth-order valence-corrected chi connectivity index (χ4v) is 6.08. The van der Waals surface area contributed by atoms with E-state index in [1.807, 2.05) is 21.1 Å². The molecular weight excluding hydrogens is 430 g/mol. The lowest BCUT2D eigenvalue weighted by atomic mass is 9.90. The second-order valence-electron chi connectivity index (χ2n) is 10.8. The Kier molecular flexibility index (Phi) is 6.96. The van der Waals surface area contributed by atoms with Crippen LogP contribution in [-0.2, 0) is 16.0 Å². The predicted octanol–water partition coefficient (Wildman–Crippen LogP) is 4.50. The lowest BCUT2D eigenvalue weighted by Gasteiger charge is -2.42. The number of benzene rings is 1. The van der Waals surface area contributed by atoms with Crippen molar-refractivity contribution in [2.45, 2.75) is 59.5 Å². The van der Waals surface area contributed by atoms with Crippen LogP contribution in [0.25, 0.3) is 0 Å². The van der Waals surface area contributed by atoms with E-state index in [0.717, 1.165) is 13.0 Å². The molecule has 2 aromatic rings. The molecule has 0 saturated carbocycles. The molecule has 2 aliphatic heterocycles. The van der Waals surface area contributed by atoms with E-state index in [1.54, 1.807) is 0 Å². The van der Waals surface area contributed by atoms with Gasteiger partial charge in [0.25, 0.3) is 0 Å². The van der Waals surface area contributed by atoms with Crippen LogP contribution in [0.4, 0.5) is 0 Å². The molecule has 2 unspecified atom stereocenters. The number of rotatable bonds is 4. The van der Waals surface area contributed by atoms with Crippen molar-refractivity contribution in [2.24, 2.45) is 5.41 Å². The molecule has 33 heavy (non-hydrogen) atoms. The molecule has 4 rings (SSSR count). The fourth-order valence-electron chi connectivity index (χ4n) is 5.18. The number of nitrogens with zero attached hydrogens (tertiary/aromatic N) is 3. The Balaban J connectivity index is 1.46. The number of amides is 2. The molecule has 2 amide bonds. The first kappa shape index (κ1) is 24.0. The van der Waals surface area contributed by atoms with Gasteiger partial charge in [0, 0.05) is 43.5 Å². The number of piperazine rings is 1. The van der Waals surface area contributed by atoms with Gasteiger partial charge in [-0.15, -0.1) is 11.3 Å². The molecule has 1 fully saturated rings. The summed E-state index contributed by atoms with van der Waals surface area (Å²) < 4.78 is 0. The van der Waals surface area contributed by atoms with Gasteiger partial charge in [-0.25, -0.2) is 0 Å². The van der Waals surface area contributed by atoms with Gasteiger partial charge in [-0.05, 0) is 53.8 Å². The first-order chi connectivity index (χ1) is 15.6. The average molecular weight is 468 g/mol. The molecule has 1 aromatic carbocycles. The smallest absolute Gasteiger partial charge is 0.236 e. The van der Waals surface area contributed by atoms with Gasteiger partial charge in [0.2, 0.25) is 11.8 Å². The maximum absolute atomic E-state index is 13.4. The Morgan fingerprint density at radius 1 is 1.03 bits per heavy atom. The van der Waals surface area contributed by atoms with Crippen molar-refractivity contribution in [3.8, 4) is 0 Å². The predicted molar refractivity (Wildman–Crippen MR) is 134 cm³/mol. The largest absolute Gasteiger partial charge is 0.338 e. The van der Waals surface area contributed by atoms with Crippen LogP contribution in [0, 0.1) is 12.3 Å². The Hall–Kier alpha value is -2.18. The van der Waals surface area contributed by atoms with Crippen molar-refractivity contribution < 1.29 is 9.59 Å². The number of aryl methyl sites for hydroxylation is 1. The van der Waals surface area contributed by atoms with E-state index < -0.39 is 0 Å². The van der Waals surface area contributed by atoms with Gasteiger partial charge >= 0.3 is 0 Å². The van der Waals surface area contributed by atoms with E-state index >= 15 is 0 Å². The van der Waals surface area contributed by atoms with Gasteiger partial charge < -0.3 is 9.80 Å². The standard InChI is InChI=1S/C27H37N3O2S/c1-19-8-6-7-9-21(19)26-22-11-15-33-23(22)10-12-29(26)18-25(32)28-13-14-30(20(2)17-28)24(31)16-27(3,4)5/h6-9,11,15,20,26H,10,12-14,16-18H2,1-5H3. The molecule has 3 heterocycles. The Labute approximate surface area is 202 Å². The number of carbonyl (C=O) groups excluding carboxylic acids is 2. The van der Waals surface area contributed by atoms with E-state index in [4.69, 9.17) is 0 Å². The van der Waals surface area contributed by atoms with E-state index in [0.29, 0.717) is 32.6 Å². The average Bonchev–Trinajstić information content (AvgIpc) is 3.22. The summed E-state index contributed by atoms with van der Waals surface area (Å²) in [5.74, 6) is 0.366. The van der Waals surface area contributed by atoms with Crippen molar-refractivity contribution in [1.82, 2.24) is 14.7 Å². The van der Waals surface area contributed by atoms with Crippen LogP contribution in [-0.4, -0.2) is 65.3 Å². The summed E-state index contributed by atoms with van der Waals surface area (Å²) >= 11 is 1.83. The summed E-state index contributed by atoms with van der Waals surface area (Å²) in [5, 5.41) is 2.18. The Morgan fingerprint density at radius 2 is 1.79 bits per heavy atom. The van der Waals surface area contributed by atoms with E-state index in [9.17, 15) is 9.59 Å². The highest BCUT2D eigenvalue weighted by Crippen LogP contribution is 2.38. The molecule has 6 heteroatoms. The summed E-state index contributed by atoms with van der Waals surface area (Å²) in [7, 11) is 0. The van der Waals surface area contributed by atoms with E-state index in [1.165, 1.54) is 21.6 Å². The third kappa shape index (κ3) is 5.33. The Bertz CT molecular complexity index is 1010. The minimum absolute atomic E-state index is 0.0247. The maximum atomic E-state index is 13.4. The summed E-state index contributed by atoms with van der Waals surface area (Å²) in [6, 6.07) is 10.9. The van der Waals surface area contributed by atoms with Crippen LogP contribution >= 0.6 is 11.3 Å². The van der Waals surface area contributed by atoms with Crippen molar-refractivity contribution in [3.05, 3.63) is 57.3 Å². The van der Waals surface area contributed by atoms with Crippen LogP contribution in [0.2, 0.25) is 0 Å². The molecule has 2 aliphatic rings. The molecule has 178 valence electrons. The molecular formula is C27H37N3O2S. The molecule has 0 aliphatic carbocycles. The molecule has 0 radical (unpaired) electrons. The fraction of sp³-hybridized carbons (Fsp3) is 0.556. The number of fused-ring (bicyclic) bond motifs is 1. The second kappa shape index (κ2) is 9.59. The molecule has 5 nitrogen and oxygen atoms in total. The van der Waals surface area contributed by atoms with Crippen LogP contribution < -0.4 is 0 Å². The minimum atomic E-state index is -0.0247. The first-order valence-electron chi connectivity index (χ1n) is 12.1. The van der Waals surface area contributed by atoms with Crippen LogP contribution in [0.1, 0.15) is 61.7 Å². The van der Waals surface area contributed by atoms with Gasteiger partial charge in [-0.1, -0.05) is 45.0 Å². The lowest BCUT2D eigenvalue weighted by Crippen LogP contribution is -2.57. The van der Waals surface area contributed by atoms with E-state index in [2.05, 4.69) is 75.2 Å². The zero-order chi connectivity index (χ0) is 23.8. The van der Waals surface area contributed by atoms with Gasteiger partial charge in [0.15, 0.2) is 0 Å². The van der Waals surface area contributed by atoms with Crippen molar-refractivity contribution in [3.63, 3.8) is 0 Å². The molecule has 0 spiro atoms. The second-order valence-corrected chi connectivity index (χ2v) is 11.8. The van der Waals surface area contributed by atoms with E-state index in [-0.39, 0.29) is 29.3 Å². The number of carbonyl (C=O) groups is 2.